The largest absolute Gasteiger partial charge is 0.274 e. The Morgan fingerprint density at radius 1 is 1.19 bits per heavy atom. The normalized spacial score (nSPS) is 36.7. The Morgan fingerprint density at radius 3 is 2.62 bits per heavy atom. The summed E-state index contributed by atoms with van der Waals surface area (Å²) >= 11 is 0. The van der Waals surface area contributed by atoms with Crippen LogP contribution < -0.4 is 4.90 Å². The molecule has 3 aliphatic rings. The van der Waals surface area contributed by atoms with E-state index in [0.29, 0.717) is 0 Å². The van der Waals surface area contributed by atoms with E-state index in [1.165, 1.54) is 4.90 Å². The molecule has 0 aromatic heterocycles. The Kier molecular flexibility index (Phi) is 2.35. The van der Waals surface area contributed by atoms with Gasteiger partial charge in [-0.1, -0.05) is 29.8 Å². The molecule has 1 aromatic carbocycles. The number of allylic oxidation sites excluding steroid dienone is 2. The summed E-state index contributed by atoms with van der Waals surface area (Å²) in [5.74, 6) is 0.278. The number of carbonyl (C=O) groups is 2. The van der Waals surface area contributed by atoms with Crippen molar-refractivity contribution in [2.75, 3.05) is 4.90 Å². The summed E-state index contributed by atoms with van der Waals surface area (Å²) in [5, 5.41) is 0. The van der Waals surface area contributed by atoms with E-state index in [-0.39, 0.29) is 29.6 Å². The summed E-state index contributed by atoms with van der Waals surface area (Å²) in [4.78, 5) is 27.4. The molecule has 2 fully saturated rings. The number of hydrogen-bond donors (Lipinski definition) is 0. The van der Waals surface area contributed by atoms with E-state index in [1.54, 1.807) is 0 Å². The summed E-state index contributed by atoms with van der Waals surface area (Å²) < 4.78 is 0. The van der Waals surface area contributed by atoms with Crippen LogP contribution in [0.25, 0.3) is 0 Å². The van der Waals surface area contributed by atoms with Gasteiger partial charge in [-0.15, -0.1) is 0 Å². The highest BCUT2D eigenvalue weighted by Crippen LogP contribution is 2.61. The molecule has 3 heteroatoms. The predicted octanol–water partition coefficient (Wildman–Crippen LogP) is 3.01. The second kappa shape index (κ2) is 3.85. The Morgan fingerprint density at radius 2 is 1.95 bits per heavy atom. The molecule has 108 valence electrons. The first-order valence-electron chi connectivity index (χ1n) is 7.58. The van der Waals surface area contributed by atoms with Crippen LogP contribution in [0.5, 0.6) is 0 Å². The van der Waals surface area contributed by atoms with Crippen molar-refractivity contribution in [3.63, 3.8) is 0 Å². The highest BCUT2D eigenvalue weighted by Gasteiger charge is 2.67. The molecule has 21 heavy (non-hydrogen) atoms. The Balaban J connectivity index is 1.83. The van der Waals surface area contributed by atoms with Gasteiger partial charge in [0.1, 0.15) is 0 Å². The lowest BCUT2D eigenvalue weighted by atomic mass is 9.71. The van der Waals surface area contributed by atoms with Gasteiger partial charge in [0.25, 0.3) is 0 Å². The second-order valence-corrected chi connectivity index (χ2v) is 6.92. The highest BCUT2D eigenvalue weighted by molar-refractivity contribution is 6.24. The van der Waals surface area contributed by atoms with E-state index in [1.807, 2.05) is 39.0 Å². The van der Waals surface area contributed by atoms with Gasteiger partial charge in [0.15, 0.2) is 0 Å². The number of amides is 2. The third-order valence-corrected chi connectivity index (χ3v) is 5.70. The minimum absolute atomic E-state index is 0.00805. The topological polar surface area (TPSA) is 37.4 Å². The van der Waals surface area contributed by atoms with Gasteiger partial charge in [-0.2, -0.15) is 0 Å². The van der Waals surface area contributed by atoms with Crippen LogP contribution in [0, 0.1) is 37.0 Å². The lowest BCUT2D eigenvalue weighted by Crippen LogP contribution is -2.37. The van der Waals surface area contributed by atoms with Gasteiger partial charge in [0, 0.05) is 0 Å². The van der Waals surface area contributed by atoms with Crippen molar-refractivity contribution < 1.29 is 9.59 Å². The molecule has 3 nitrogen and oxygen atoms in total. The third-order valence-electron chi connectivity index (χ3n) is 5.70. The van der Waals surface area contributed by atoms with Crippen molar-refractivity contribution in [1.82, 2.24) is 0 Å². The molecule has 2 aliphatic carbocycles. The Labute approximate surface area is 124 Å². The second-order valence-electron chi connectivity index (χ2n) is 6.92. The van der Waals surface area contributed by atoms with Crippen molar-refractivity contribution in [2.45, 2.75) is 27.2 Å². The van der Waals surface area contributed by atoms with Crippen LogP contribution in [-0.2, 0) is 9.59 Å². The van der Waals surface area contributed by atoms with Crippen LogP contribution >= 0.6 is 0 Å². The van der Waals surface area contributed by atoms with Crippen LogP contribution in [0.1, 0.15) is 24.5 Å². The maximum atomic E-state index is 13.0. The Hall–Kier alpha value is -1.90. The first kappa shape index (κ1) is 12.8. The van der Waals surface area contributed by atoms with E-state index in [4.69, 9.17) is 0 Å². The smallest absolute Gasteiger partial charge is 0.241 e. The van der Waals surface area contributed by atoms with Crippen LogP contribution in [0.3, 0.4) is 0 Å². The minimum Gasteiger partial charge on any atom is -0.274 e. The molecule has 1 aromatic rings. The minimum atomic E-state index is -0.534. The first-order valence-corrected chi connectivity index (χ1v) is 7.58. The molecule has 0 unspecified atom stereocenters. The highest BCUT2D eigenvalue weighted by atomic mass is 16.2. The molecule has 0 spiro atoms. The van der Waals surface area contributed by atoms with Crippen LogP contribution in [-0.4, -0.2) is 11.8 Å². The lowest BCUT2D eigenvalue weighted by molar-refractivity contribution is -0.127. The fraction of sp³-hybridized carbons (Fsp3) is 0.444. The van der Waals surface area contributed by atoms with Crippen LogP contribution in [0.15, 0.2) is 30.4 Å². The molecule has 0 N–H and O–H groups in total. The maximum absolute atomic E-state index is 13.0. The number of fused-ring (bicyclic) bond motifs is 5. The molecule has 4 atom stereocenters. The number of carbonyl (C=O) groups excluding carboxylic acids is 2. The zero-order chi connectivity index (χ0) is 14.9. The van der Waals surface area contributed by atoms with E-state index in [9.17, 15) is 9.59 Å². The average molecular weight is 281 g/mol. The average Bonchev–Trinajstić information content (AvgIpc) is 3.05. The van der Waals surface area contributed by atoms with Gasteiger partial charge < -0.3 is 0 Å². The summed E-state index contributed by atoms with van der Waals surface area (Å²) in [5.41, 5.74) is 2.35. The number of hydrogen-bond acceptors (Lipinski definition) is 2. The van der Waals surface area contributed by atoms with Gasteiger partial charge in [-0.3, -0.25) is 9.59 Å². The summed E-state index contributed by atoms with van der Waals surface area (Å²) in [6, 6.07) is 5.89. The van der Waals surface area contributed by atoms with Crippen molar-refractivity contribution in [3.05, 3.63) is 41.5 Å². The predicted molar refractivity (Wildman–Crippen MR) is 80.7 cm³/mol. The van der Waals surface area contributed by atoms with Crippen molar-refractivity contribution in [1.29, 1.82) is 0 Å². The zero-order valence-electron chi connectivity index (χ0n) is 12.6. The van der Waals surface area contributed by atoms with Gasteiger partial charge in [0.05, 0.1) is 17.0 Å². The molecule has 2 bridgehead atoms. The van der Waals surface area contributed by atoms with Crippen LogP contribution in [0.4, 0.5) is 5.69 Å². The fourth-order valence-electron chi connectivity index (χ4n) is 4.59. The van der Waals surface area contributed by atoms with Gasteiger partial charge in [-0.05, 0) is 50.7 Å². The fourth-order valence-corrected chi connectivity index (χ4v) is 4.59. The van der Waals surface area contributed by atoms with Gasteiger partial charge >= 0.3 is 0 Å². The number of imide groups is 1. The standard InChI is InChI=1S/C18H19NO2/c1-10-4-7-14(11(2)8-10)19-16(20)15-12-5-6-13(9-12)18(15,3)17(19)21/h4-8,12-13,15H,9H2,1-3H3/t12-,13-,15-,18+/m0/s1. The summed E-state index contributed by atoms with van der Waals surface area (Å²) in [6.45, 7) is 5.96. The number of aryl methyl sites for hydroxylation is 2. The molecule has 2 amide bonds. The molecule has 1 aliphatic heterocycles. The van der Waals surface area contributed by atoms with Gasteiger partial charge in [0.2, 0.25) is 11.8 Å². The molecular weight excluding hydrogens is 262 g/mol. The maximum Gasteiger partial charge on any atom is 0.241 e. The van der Waals surface area contributed by atoms with Crippen molar-refractivity contribution in [2.24, 2.45) is 23.2 Å². The van der Waals surface area contributed by atoms with Crippen molar-refractivity contribution >= 4 is 17.5 Å². The van der Waals surface area contributed by atoms with E-state index in [0.717, 1.165) is 23.2 Å². The van der Waals surface area contributed by atoms with Crippen molar-refractivity contribution in [3.8, 4) is 0 Å². The van der Waals surface area contributed by atoms with E-state index < -0.39 is 5.41 Å². The summed E-state index contributed by atoms with van der Waals surface area (Å²) in [7, 11) is 0. The van der Waals surface area contributed by atoms with Gasteiger partial charge in [-0.25, -0.2) is 4.90 Å². The number of anilines is 1. The third kappa shape index (κ3) is 1.39. The first-order chi connectivity index (χ1) is 9.94. The number of benzene rings is 1. The molecular formula is C18H19NO2. The molecule has 1 saturated heterocycles. The molecule has 0 radical (unpaired) electrons. The molecule has 4 rings (SSSR count). The monoisotopic (exact) mass is 281 g/mol. The van der Waals surface area contributed by atoms with E-state index in [2.05, 4.69) is 12.2 Å². The Bertz CT molecular complexity index is 705. The van der Waals surface area contributed by atoms with E-state index >= 15 is 0 Å². The molecule has 1 saturated carbocycles. The number of nitrogens with zero attached hydrogens (tertiary/aromatic N) is 1. The quantitative estimate of drug-likeness (QED) is 0.586. The zero-order valence-corrected chi connectivity index (χ0v) is 12.6. The lowest BCUT2D eigenvalue weighted by Gasteiger charge is -2.28. The van der Waals surface area contributed by atoms with Crippen LogP contribution in [0.2, 0.25) is 0 Å². The number of rotatable bonds is 1. The summed E-state index contributed by atoms with van der Waals surface area (Å²) in [6.07, 6.45) is 5.23. The molecule has 1 heterocycles. The SMILES string of the molecule is Cc1ccc(N2C(=O)[C@@H]3[C@H]4C=C[C@@H](C4)[C@@]3(C)C2=O)c(C)c1.